The van der Waals surface area contributed by atoms with Crippen LogP contribution in [0.4, 0.5) is 0 Å². The van der Waals surface area contributed by atoms with Gasteiger partial charge in [0.05, 0.1) is 0 Å². The highest BCUT2D eigenvalue weighted by atomic mass is 16.9. The monoisotopic (exact) mass is 528 g/mol. The number of carbonyl (C=O) groups is 2. The minimum absolute atomic E-state index is 0.0166. The summed E-state index contributed by atoms with van der Waals surface area (Å²) in [6.45, 7) is 6.35. The lowest BCUT2D eigenvalue weighted by molar-refractivity contribution is -0.247. The molecule has 38 heavy (non-hydrogen) atoms. The van der Waals surface area contributed by atoms with Crippen LogP contribution in [0.5, 0.6) is 0 Å². The van der Waals surface area contributed by atoms with E-state index in [4.69, 9.17) is 23.7 Å². The number of benzene rings is 1. The van der Waals surface area contributed by atoms with Gasteiger partial charge in [0.2, 0.25) is 0 Å². The molecule has 1 aromatic rings. The van der Waals surface area contributed by atoms with Crippen LogP contribution in [0.25, 0.3) is 0 Å². The summed E-state index contributed by atoms with van der Waals surface area (Å²) in [5.41, 5.74) is 6.65. The molecule has 5 fully saturated rings. The zero-order chi connectivity index (χ0) is 26.5. The van der Waals surface area contributed by atoms with Crippen molar-refractivity contribution in [1.29, 1.82) is 0 Å². The first-order valence-corrected chi connectivity index (χ1v) is 14.2. The molecule has 6 rings (SSSR count). The summed E-state index contributed by atoms with van der Waals surface area (Å²) in [7, 11) is 0. The van der Waals surface area contributed by atoms with Crippen LogP contribution < -0.4 is 10.9 Å². The zero-order valence-electron chi connectivity index (χ0n) is 22.6. The number of hydrogen-bond donors (Lipinski definition) is 2. The Balaban J connectivity index is 1.16. The van der Waals surface area contributed by atoms with E-state index >= 15 is 0 Å². The molecule has 208 valence electrons. The second-order valence-corrected chi connectivity index (χ2v) is 12.5. The first-order valence-electron chi connectivity index (χ1n) is 14.2. The smallest absolute Gasteiger partial charge is 0.270 e. The van der Waals surface area contributed by atoms with Crippen molar-refractivity contribution in [3.63, 3.8) is 0 Å². The first-order chi connectivity index (χ1) is 18.2. The van der Waals surface area contributed by atoms with Gasteiger partial charge < -0.3 is 23.7 Å². The molecule has 0 radical (unpaired) electrons. The van der Waals surface area contributed by atoms with Crippen LogP contribution in [0.15, 0.2) is 24.3 Å². The molecule has 2 aliphatic carbocycles. The standard InChI is InChI=1S/C29H40N2O7/c1-27(2,3)19-12-10-18(11-13-19)24(32)30-31-25(33)22-20-21(36-28(35-20)14-6-4-7-15-28)23-26(34-22)38-29(37-23)16-8-5-9-17-29/h10-13,20-23,26H,4-9,14-17H2,1-3H3,(H,30,32)(H,31,33)/t20-,21+,22-,23-,26-/m1/s1. The summed E-state index contributed by atoms with van der Waals surface area (Å²) in [5, 5.41) is 0. The molecule has 9 nitrogen and oxygen atoms in total. The van der Waals surface area contributed by atoms with Gasteiger partial charge in [-0.25, -0.2) is 0 Å². The van der Waals surface area contributed by atoms with E-state index in [2.05, 4.69) is 31.6 Å². The molecule has 5 aliphatic rings. The number of carbonyl (C=O) groups excluding carboxylic acids is 2. The molecule has 3 aliphatic heterocycles. The minimum Gasteiger partial charge on any atom is -0.341 e. The summed E-state index contributed by atoms with van der Waals surface area (Å²) in [6, 6.07) is 7.37. The van der Waals surface area contributed by atoms with Crippen LogP contribution in [-0.4, -0.2) is 54.1 Å². The largest absolute Gasteiger partial charge is 0.341 e. The van der Waals surface area contributed by atoms with Crippen LogP contribution in [-0.2, 0) is 33.9 Å². The zero-order valence-corrected chi connectivity index (χ0v) is 22.6. The van der Waals surface area contributed by atoms with Crippen LogP contribution in [0.2, 0.25) is 0 Å². The average Bonchev–Trinajstić information content (AvgIpc) is 3.44. The molecule has 2 spiro atoms. The number of nitrogens with one attached hydrogen (secondary N) is 2. The number of amides is 2. The second-order valence-electron chi connectivity index (χ2n) is 12.5. The quantitative estimate of drug-likeness (QED) is 0.560. The lowest BCUT2D eigenvalue weighted by atomic mass is 9.87. The maximum atomic E-state index is 13.4. The Hall–Kier alpha value is -2.04. The fourth-order valence-corrected chi connectivity index (χ4v) is 6.55. The molecule has 3 saturated heterocycles. The Labute approximate surface area is 224 Å². The fraction of sp³-hybridized carbons (Fsp3) is 0.724. The van der Waals surface area contributed by atoms with E-state index in [0.29, 0.717) is 5.56 Å². The predicted molar refractivity (Wildman–Crippen MR) is 137 cm³/mol. The van der Waals surface area contributed by atoms with Crippen LogP contribution in [0.1, 0.15) is 101 Å². The van der Waals surface area contributed by atoms with Crippen LogP contribution in [0.3, 0.4) is 0 Å². The minimum atomic E-state index is -1.01. The highest BCUT2D eigenvalue weighted by Gasteiger charge is 2.65. The molecular weight excluding hydrogens is 488 g/mol. The van der Waals surface area contributed by atoms with Crippen molar-refractivity contribution in [3.8, 4) is 0 Å². The number of rotatable bonds is 2. The molecule has 1 aromatic carbocycles. The third kappa shape index (κ3) is 4.88. The Kier molecular flexibility index (Phi) is 6.79. The molecule has 2 amide bonds. The Bertz CT molecular complexity index is 1040. The van der Waals surface area contributed by atoms with E-state index in [9.17, 15) is 9.59 Å². The second kappa shape index (κ2) is 9.86. The molecule has 0 aromatic heterocycles. The maximum Gasteiger partial charge on any atom is 0.270 e. The molecule has 2 N–H and O–H groups in total. The van der Waals surface area contributed by atoms with Crippen molar-refractivity contribution in [2.24, 2.45) is 0 Å². The van der Waals surface area contributed by atoms with E-state index in [1.807, 2.05) is 12.1 Å². The number of hydrazine groups is 1. The fourth-order valence-electron chi connectivity index (χ4n) is 6.55. The van der Waals surface area contributed by atoms with E-state index in [1.165, 1.54) is 0 Å². The van der Waals surface area contributed by atoms with Gasteiger partial charge in [-0.1, -0.05) is 45.7 Å². The van der Waals surface area contributed by atoms with Gasteiger partial charge in [0, 0.05) is 31.2 Å². The summed E-state index contributed by atoms with van der Waals surface area (Å²) >= 11 is 0. The van der Waals surface area contributed by atoms with Crippen LogP contribution >= 0.6 is 0 Å². The van der Waals surface area contributed by atoms with Gasteiger partial charge in [0.1, 0.15) is 18.3 Å². The third-order valence-electron chi connectivity index (χ3n) is 8.68. The Morgan fingerprint density at radius 3 is 1.89 bits per heavy atom. The first kappa shape index (κ1) is 26.2. The predicted octanol–water partition coefficient (Wildman–Crippen LogP) is 3.99. The van der Waals surface area contributed by atoms with Gasteiger partial charge in [-0.2, -0.15) is 0 Å². The van der Waals surface area contributed by atoms with Gasteiger partial charge in [-0.15, -0.1) is 0 Å². The number of ether oxygens (including phenoxy) is 5. The molecule has 5 atom stereocenters. The molecule has 9 heteroatoms. The summed E-state index contributed by atoms with van der Waals surface area (Å²) in [6.07, 6.45) is 6.20. The normalized spacial score (nSPS) is 33.5. The highest BCUT2D eigenvalue weighted by molar-refractivity contribution is 5.95. The van der Waals surface area contributed by atoms with Gasteiger partial charge in [-0.3, -0.25) is 20.4 Å². The maximum absolute atomic E-state index is 13.4. The van der Waals surface area contributed by atoms with E-state index in [0.717, 1.165) is 69.8 Å². The van der Waals surface area contributed by atoms with E-state index < -0.39 is 54.1 Å². The van der Waals surface area contributed by atoms with Gasteiger partial charge >= 0.3 is 0 Å². The number of fused-ring (bicyclic) bond motifs is 3. The van der Waals surface area contributed by atoms with Gasteiger partial charge in [0.15, 0.2) is 24.0 Å². The highest BCUT2D eigenvalue weighted by Crippen LogP contribution is 2.50. The van der Waals surface area contributed by atoms with E-state index in [1.54, 1.807) is 12.1 Å². The lowest BCUT2D eigenvalue weighted by Gasteiger charge is -2.36. The van der Waals surface area contributed by atoms with Gasteiger partial charge in [0.25, 0.3) is 11.8 Å². The third-order valence-corrected chi connectivity index (χ3v) is 8.68. The summed E-state index contributed by atoms with van der Waals surface area (Å²) < 4.78 is 32.1. The summed E-state index contributed by atoms with van der Waals surface area (Å²) in [4.78, 5) is 26.2. The van der Waals surface area contributed by atoms with Crippen molar-refractivity contribution >= 4 is 11.8 Å². The van der Waals surface area contributed by atoms with Crippen molar-refractivity contribution in [1.82, 2.24) is 10.9 Å². The molecule has 2 saturated carbocycles. The van der Waals surface area contributed by atoms with Crippen molar-refractivity contribution in [2.45, 2.75) is 133 Å². The van der Waals surface area contributed by atoms with Crippen LogP contribution in [0, 0.1) is 0 Å². The van der Waals surface area contributed by atoms with Crippen molar-refractivity contribution < 1.29 is 33.3 Å². The molecule has 3 heterocycles. The van der Waals surface area contributed by atoms with Gasteiger partial charge in [-0.05, 0) is 48.8 Å². The lowest BCUT2D eigenvalue weighted by Crippen LogP contribution is -2.61. The topological polar surface area (TPSA) is 104 Å². The Morgan fingerprint density at radius 2 is 1.29 bits per heavy atom. The van der Waals surface area contributed by atoms with Crippen molar-refractivity contribution in [3.05, 3.63) is 35.4 Å². The molecular formula is C29H40N2O7. The SMILES string of the molecule is CC(C)(C)c1ccc(C(=O)NNC(=O)[C@@H]2O[C@@H]3OC4(CCCCC4)O[C@@H]3[C@H]3OC4(CCCCC4)O[C@H]32)cc1. The van der Waals surface area contributed by atoms with E-state index in [-0.39, 0.29) is 5.41 Å². The molecule has 0 bridgehead atoms. The van der Waals surface area contributed by atoms with Crippen molar-refractivity contribution in [2.75, 3.05) is 0 Å². The molecule has 0 unspecified atom stereocenters. The summed E-state index contributed by atoms with van der Waals surface area (Å²) in [5.74, 6) is -2.32. The Morgan fingerprint density at radius 1 is 0.737 bits per heavy atom. The average molecular weight is 529 g/mol. The number of hydrogen-bond acceptors (Lipinski definition) is 7.